The van der Waals surface area contributed by atoms with Gasteiger partial charge in [0.15, 0.2) is 11.5 Å². The molecule has 0 aromatic heterocycles. The molecule has 1 atom stereocenters. The average Bonchev–Trinajstić information content (AvgIpc) is 2.31. The van der Waals surface area contributed by atoms with Crippen LogP contribution in [0, 0.1) is 0 Å². The average molecular weight is 238 g/mol. The van der Waals surface area contributed by atoms with E-state index in [0.717, 1.165) is 12.0 Å². The Labute approximate surface area is 101 Å². The van der Waals surface area contributed by atoms with E-state index in [-0.39, 0.29) is 24.2 Å². The fourth-order valence-electron chi connectivity index (χ4n) is 1.35. The van der Waals surface area contributed by atoms with Crippen LogP contribution in [0.2, 0.25) is 0 Å². The molecular weight excluding hydrogens is 220 g/mol. The number of carbonyl (C=O) groups excluding carboxylic acids is 1. The summed E-state index contributed by atoms with van der Waals surface area (Å²) >= 11 is 0. The van der Waals surface area contributed by atoms with Crippen LogP contribution in [-0.4, -0.2) is 24.3 Å². The first-order valence-corrected chi connectivity index (χ1v) is 5.62. The molecular formula is C13H18O4. The van der Waals surface area contributed by atoms with E-state index in [9.17, 15) is 9.90 Å². The Hall–Kier alpha value is -1.71. The topological polar surface area (TPSA) is 55.8 Å². The van der Waals surface area contributed by atoms with E-state index < -0.39 is 0 Å². The molecule has 0 fully saturated rings. The van der Waals surface area contributed by atoms with Crippen molar-refractivity contribution in [1.29, 1.82) is 0 Å². The molecule has 0 bridgehead atoms. The summed E-state index contributed by atoms with van der Waals surface area (Å²) in [7, 11) is 1.47. The lowest BCUT2D eigenvalue weighted by molar-refractivity contribution is -0.147. The van der Waals surface area contributed by atoms with E-state index >= 15 is 0 Å². The summed E-state index contributed by atoms with van der Waals surface area (Å²) in [6.07, 6.45) is 0.910. The molecule has 0 aliphatic heterocycles. The Balaban J connectivity index is 2.65. The summed E-state index contributed by atoms with van der Waals surface area (Å²) in [5.41, 5.74) is 0.757. The summed E-state index contributed by atoms with van der Waals surface area (Å²) in [6.45, 7) is 3.82. The molecule has 0 spiro atoms. The van der Waals surface area contributed by atoms with Crippen molar-refractivity contribution < 1.29 is 19.4 Å². The van der Waals surface area contributed by atoms with Gasteiger partial charge >= 0.3 is 5.97 Å². The van der Waals surface area contributed by atoms with Gasteiger partial charge in [0.2, 0.25) is 0 Å². The molecule has 1 aromatic rings. The van der Waals surface area contributed by atoms with Crippen LogP contribution in [0.5, 0.6) is 11.5 Å². The van der Waals surface area contributed by atoms with Gasteiger partial charge in [0.05, 0.1) is 19.6 Å². The smallest absolute Gasteiger partial charge is 0.310 e. The third-order valence-corrected chi connectivity index (χ3v) is 2.50. The van der Waals surface area contributed by atoms with Crippen LogP contribution in [0.1, 0.15) is 25.8 Å². The molecule has 0 aliphatic rings. The zero-order chi connectivity index (χ0) is 12.8. The Morgan fingerprint density at radius 2 is 2.18 bits per heavy atom. The van der Waals surface area contributed by atoms with Gasteiger partial charge in [0.25, 0.3) is 0 Å². The quantitative estimate of drug-likeness (QED) is 0.799. The fourth-order valence-corrected chi connectivity index (χ4v) is 1.35. The van der Waals surface area contributed by atoms with Gasteiger partial charge < -0.3 is 14.6 Å². The molecule has 0 aliphatic carbocycles. The number of esters is 1. The summed E-state index contributed by atoms with van der Waals surface area (Å²) in [5, 5.41) is 9.41. The predicted octanol–water partition coefficient (Wildman–Crippen LogP) is 2.29. The standard InChI is InChI=1S/C13H18O4/c1-4-9(2)17-13(15)8-10-5-6-11(14)12(7-10)16-3/h5-7,9,14H,4,8H2,1-3H3. The number of phenolic OH excluding ortho intramolecular Hbond substituents is 1. The van der Waals surface area contributed by atoms with Crippen molar-refractivity contribution in [2.75, 3.05) is 7.11 Å². The second-order valence-electron chi connectivity index (χ2n) is 3.89. The maximum atomic E-state index is 11.5. The monoisotopic (exact) mass is 238 g/mol. The van der Waals surface area contributed by atoms with Gasteiger partial charge in [-0.3, -0.25) is 4.79 Å². The van der Waals surface area contributed by atoms with Gasteiger partial charge in [-0.25, -0.2) is 0 Å². The van der Waals surface area contributed by atoms with Crippen molar-refractivity contribution in [2.45, 2.75) is 32.8 Å². The van der Waals surface area contributed by atoms with Crippen molar-refractivity contribution in [3.05, 3.63) is 23.8 Å². The van der Waals surface area contributed by atoms with Crippen LogP contribution in [0.4, 0.5) is 0 Å². The van der Waals surface area contributed by atoms with Crippen LogP contribution >= 0.6 is 0 Å². The second-order valence-corrected chi connectivity index (χ2v) is 3.89. The SMILES string of the molecule is CCC(C)OC(=O)Cc1ccc(O)c(OC)c1. The van der Waals surface area contributed by atoms with Gasteiger partial charge in [-0.05, 0) is 31.0 Å². The minimum absolute atomic E-state index is 0.0616. The highest BCUT2D eigenvalue weighted by Gasteiger charge is 2.10. The van der Waals surface area contributed by atoms with E-state index in [1.165, 1.54) is 13.2 Å². The van der Waals surface area contributed by atoms with Gasteiger partial charge in [-0.15, -0.1) is 0 Å². The Morgan fingerprint density at radius 3 is 2.76 bits per heavy atom. The van der Waals surface area contributed by atoms with Crippen LogP contribution in [-0.2, 0) is 16.0 Å². The molecule has 17 heavy (non-hydrogen) atoms. The third kappa shape index (κ3) is 3.98. The number of carbonyl (C=O) groups is 1. The molecule has 4 nitrogen and oxygen atoms in total. The lowest BCUT2D eigenvalue weighted by Crippen LogP contribution is -2.15. The molecule has 94 valence electrons. The maximum absolute atomic E-state index is 11.5. The van der Waals surface area contributed by atoms with Gasteiger partial charge in [-0.1, -0.05) is 13.0 Å². The van der Waals surface area contributed by atoms with Crippen molar-refractivity contribution in [1.82, 2.24) is 0 Å². The minimum atomic E-state index is -0.271. The van der Waals surface area contributed by atoms with Crippen molar-refractivity contribution in [3.63, 3.8) is 0 Å². The van der Waals surface area contributed by atoms with Crippen molar-refractivity contribution >= 4 is 5.97 Å². The summed E-state index contributed by atoms with van der Waals surface area (Å²) in [4.78, 5) is 11.5. The lowest BCUT2D eigenvalue weighted by Gasteiger charge is -2.11. The molecule has 0 radical (unpaired) electrons. The van der Waals surface area contributed by atoms with E-state index in [4.69, 9.17) is 9.47 Å². The molecule has 0 saturated heterocycles. The van der Waals surface area contributed by atoms with Crippen LogP contribution in [0.25, 0.3) is 0 Å². The normalized spacial score (nSPS) is 11.9. The molecule has 1 unspecified atom stereocenters. The number of aromatic hydroxyl groups is 1. The Bertz CT molecular complexity index is 387. The highest BCUT2D eigenvalue weighted by Crippen LogP contribution is 2.26. The number of phenols is 1. The molecule has 1 N–H and O–H groups in total. The number of rotatable bonds is 5. The highest BCUT2D eigenvalue weighted by molar-refractivity contribution is 5.73. The molecule has 1 aromatic carbocycles. The molecule has 1 rings (SSSR count). The third-order valence-electron chi connectivity index (χ3n) is 2.50. The highest BCUT2D eigenvalue weighted by atomic mass is 16.5. The molecule has 0 amide bonds. The first-order chi connectivity index (χ1) is 8.06. The number of benzene rings is 1. The predicted molar refractivity (Wildman–Crippen MR) is 64.2 cm³/mol. The maximum Gasteiger partial charge on any atom is 0.310 e. The van der Waals surface area contributed by atoms with Crippen LogP contribution in [0.3, 0.4) is 0 Å². The van der Waals surface area contributed by atoms with Crippen molar-refractivity contribution in [3.8, 4) is 11.5 Å². The Kier molecular flexibility index (Phi) is 4.82. The largest absolute Gasteiger partial charge is 0.504 e. The number of ether oxygens (including phenoxy) is 2. The van der Waals surface area contributed by atoms with E-state index in [0.29, 0.717) is 5.75 Å². The number of hydrogen-bond donors (Lipinski definition) is 1. The second kappa shape index (κ2) is 6.13. The lowest BCUT2D eigenvalue weighted by atomic mass is 10.1. The minimum Gasteiger partial charge on any atom is -0.504 e. The molecule has 0 saturated carbocycles. The molecule has 4 heteroatoms. The van der Waals surface area contributed by atoms with Gasteiger partial charge in [-0.2, -0.15) is 0 Å². The molecule has 0 heterocycles. The zero-order valence-corrected chi connectivity index (χ0v) is 10.4. The number of methoxy groups -OCH3 is 1. The summed E-state index contributed by atoms with van der Waals surface area (Å²) in [5.74, 6) is 0.150. The van der Waals surface area contributed by atoms with E-state index in [1.54, 1.807) is 12.1 Å². The van der Waals surface area contributed by atoms with E-state index in [1.807, 2.05) is 13.8 Å². The van der Waals surface area contributed by atoms with Crippen LogP contribution in [0.15, 0.2) is 18.2 Å². The number of hydrogen-bond acceptors (Lipinski definition) is 4. The zero-order valence-electron chi connectivity index (χ0n) is 10.4. The van der Waals surface area contributed by atoms with E-state index in [2.05, 4.69) is 0 Å². The van der Waals surface area contributed by atoms with Crippen LogP contribution < -0.4 is 4.74 Å². The summed E-state index contributed by atoms with van der Waals surface area (Å²) < 4.78 is 10.1. The van der Waals surface area contributed by atoms with Crippen molar-refractivity contribution in [2.24, 2.45) is 0 Å². The van der Waals surface area contributed by atoms with Gasteiger partial charge in [0.1, 0.15) is 0 Å². The fraction of sp³-hybridized carbons (Fsp3) is 0.462. The summed E-state index contributed by atoms with van der Waals surface area (Å²) in [6, 6.07) is 4.81. The Morgan fingerprint density at radius 1 is 1.47 bits per heavy atom. The first kappa shape index (κ1) is 13.4. The first-order valence-electron chi connectivity index (χ1n) is 5.62. The van der Waals surface area contributed by atoms with Gasteiger partial charge in [0, 0.05) is 0 Å².